The van der Waals surface area contributed by atoms with E-state index in [1.807, 2.05) is 0 Å². The van der Waals surface area contributed by atoms with Crippen LogP contribution in [0.1, 0.15) is 18.5 Å². The average molecular weight is 208 g/mol. The van der Waals surface area contributed by atoms with E-state index in [9.17, 15) is 14.7 Å². The molecular formula is C10H10NO4. The summed E-state index contributed by atoms with van der Waals surface area (Å²) in [7, 11) is 0. The van der Waals surface area contributed by atoms with Crippen LogP contribution in [0.3, 0.4) is 0 Å². The van der Waals surface area contributed by atoms with Gasteiger partial charge in [-0.25, -0.2) is 9.90 Å². The van der Waals surface area contributed by atoms with Crippen LogP contribution in [0.5, 0.6) is 0 Å². The third-order valence-corrected chi connectivity index (χ3v) is 1.69. The Morgan fingerprint density at radius 3 is 2.33 bits per heavy atom. The Balaban J connectivity index is 2.75. The predicted molar refractivity (Wildman–Crippen MR) is 49.8 cm³/mol. The van der Waals surface area contributed by atoms with Gasteiger partial charge in [0.25, 0.3) is 0 Å². The average Bonchev–Trinajstić information content (AvgIpc) is 2.18. The molecule has 0 saturated carbocycles. The van der Waals surface area contributed by atoms with Gasteiger partial charge in [-0.15, -0.1) is 5.48 Å². The molecule has 1 rings (SSSR count). The van der Waals surface area contributed by atoms with Crippen LogP contribution in [0.25, 0.3) is 0 Å². The minimum absolute atomic E-state index is 0.457. The van der Waals surface area contributed by atoms with E-state index in [0.717, 1.165) is 0 Å². The molecule has 1 radical (unpaired) electrons. The predicted octanol–water partition coefficient (Wildman–Crippen LogP) is 0.752. The molecular weight excluding hydrogens is 198 g/mol. The lowest BCUT2D eigenvalue weighted by Gasteiger charge is -2.11. The Labute approximate surface area is 86.6 Å². The van der Waals surface area contributed by atoms with E-state index in [-0.39, 0.29) is 0 Å². The molecule has 0 fully saturated rings. The maximum Gasteiger partial charge on any atom is 0.380 e. The van der Waals surface area contributed by atoms with E-state index in [1.54, 1.807) is 30.3 Å². The summed E-state index contributed by atoms with van der Waals surface area (Å²) in [5.41, 5.74) is 2.58. The van der Waals surface area contributed by atoms with Crippen LogP contribution >= 0.6 is 0 Å². The Kier molecular flexibility index (Phi) is 3.82. The van der Waals surface area contributed by atoms with Gasteiger partial charge in [-0.3, -0.25) is 4.79 Å². The molecule has 0 aliphatic rings. The highest BCUT2D eigenvalue weighted by atomic mass is 16.7. The van der Waals surface area contributed by atoms with Crippen LogP contribution in [0.2, 0.25) is 0 Å². The molecule has 0 spiro atoms. The quantitative estimate of drug-likeness (QED) is 0.741. The molecule has 0 aliphatic carbocycles. The highest BCUT2D eigenvalue weighted by molar-refractivity contribution is 5.75. The molecule has 0 amide bonds. The summed E-state index contributed by atoms with van der Waals surface area (Å²) in [4.78, 5) is 25.7. The molecule has 1 unspecified atom stereocenters. The van der Waals surface area contributed by atoms with Gasteiger partial charge in [-0.05, 0) is 5.56 Å². The molecule has 1 aromatic rings. The third kappa shape index (κ3) is 3.40. The van der Waals surface area contributed by atoms with Gasteiger partial charge < -0.3 is 4.84 Å². The lowest BCUT2D eigenvalue weighted by atomic mass is 10.1. The molecule has 0 bridgehead atoms. The third-order valence-electron chi connectivity index (χ3n) is 1.69. The van der Waals surface area contributed by atoms with Crippen LogP contribution in [0, 0.1) is 0 Å². The summed E-state index contributed by atoms with van der Waals surface area (Å²) in [6.07, 6.45) is 0. The largest absolute Gasteiger partial charge is 0.380 e. The maximum atomic E-state index is 10.7. The van der Waals surface area contributed by atoms with Crippen LogP contribution in [0.15, 0.2) is 30.3 Å². The van der Waals surface area contributed by atoms with Gasteiger partial charge in [-0.2, -0.15) is 0 Å². The van der Waals surface area contributed by atoms with Crippen LogP contribution in [-0.4, -0.2) is 11.9 Å². The number of carbonyl (C=O) groups is 2. The first-order valence-corrected chi connectivity index (χ1v) is 4.30. The van der Waals surface area contributed by atoms with Crippen molar-refractivity contribution in [2.75, 3.05) is 0 Å². The SMILES string of the molecule is CC(=O)ONC(C([O])=O)c1ccccc1. The van der Waals surface area contributed by atoms with E-state index >= 15 is 0 Å². The molecule has 1 aromatic carbocycles. The fraction of sp³-hybridized carbons (Fsp3) is 0.200. The normalized spacial score (nSPS) is 11.8. The zero-order valence-corrected chi connectivity index (χ0v) is 8.10. The Bertz CT molecular complexity index is 350. The van der Waals surface area contributed by atoms with Crippen molar-refractivity contribution in [1.82, 2.24) is 5.48 Å². The van der Waals surface area contributed by atoms with Crippen molar-refractivity contribution in [1.29, 1.82) is 0 Å². The van der Waals surface area contributed by atoms with E-state index < -0.39 is 18.0 Å². The fourth-order valence-corrected chi connectivity index (χ4v) is 1.04. The summed E-state index contributed by atoms with van der Waals surface area (Å²) in [5.74, 6) is -1.97. The number of hydrogen-bond acceptors (Lipinski definition) is 4. The van der Waals surface area contributed by atoms with Gasteiger partial charge in [-0.1, -0.05) is 30.3 Å². The Morgan fingerprint density at radius 2 is 1.87 bits per heavy atom. The van der Waals surface area contributed by atoms with Crippen molar-refractivity contribution in [2.24, 2.45) is 0 Å². The molecule has 1 atom stereocenters. The zero-order valence-electron chi connectivity index (χ0n) is 8.10. The second kappa shape index (κ2) is 5.11. The van der Waals surface area contributed by atoms with Gasteiger partial charge in [0.15, 0.2) is 6.04 Å². The molecule has 0 saturated heterocycles. The van der Waals surface area contributed by atoms with E-state index in [0.29, 0.717) is 5.56 Å². The summed E-state index contributed by atoms with van der Waals surface area (Å²) in [5, 5.41) is 10.7. The summed E-state index contributed by atoms with van der Waals surface area (Å²) in [6.45, 7) is 1.17. The number of nitrogens with one attached hydrogen (secondary N) is 1. The molecule has 5 nitrogen and oxygen atoms in total. The number of hydrogen-bond donors (Lipinski definition) is 1. The van der Waals surface area contributed by atoms with Crippen molar-refractivity contribution >= 4 is 11.9 Å². The minimum atomic E-state index is -1.36. The van der Waals surface area contributed by atoms with Gasteiger partial charge in [0.1, 0.15) is 0 Å². The summed E-state index contributed by atoms with van der Waals surface area (Å²) < 4.78 is 0. The molecule has 15 heavy (non-hydrogen) atoms. The first-order chi connectivity index (χ1) is 7.11. The smallest absolute Gasteiger partial charge is 0.370 e. The molecule has 1 N–H and O–H groups in total. The van der Waals surface area contributed by atoms with Gasteiger partial charge in [0.2, 0.25) is 0 Å². The van der Waals surface area contributed by atoms with Crippen molar-refractivity contribution < 1.29 is 19.5 Å². The van der Waals surface area contributed by atoms with E-state index in [2.05, 4.69) is 10.3 Å². The summed E-state index contributed by atoms with van der Waals surface area (Å²) in [6, 6.07) is 7.15. The first-order valence-electron chi connectivity index (χ1n) is 4.30. The molecule has 0 aliphatic heterocycles. The maximum absolute atomic E-state index is 10.7. The van der Waals surface area contributed by atoms with Crippen molar-refractivity contribution in [2.45, 2.75) is 13.0 Å². The lowest BCUT2D eigenvalue weighted by Crippen LogP contribution is -2.29. The molecule has 0 heterocycles. The second-order valence-electron chi connectivity index (χ2n) is 2.87. The first kappa shape index (κ1) is 11.2. The van der Waals surface area contributed by atoms with Crippen molar-refractivity contribution in [3.05, 3.63) is 35.9 Å². The van der Waals surface area contributed by atoms with Crippen molar-refractivity contribution in [3.8, 4) is 0 Å². The van der Waals surface area contributed by atoms with Gasteiger partial charge in [0, 0.05) is 6.92 Å². The highest BCUT2D eigenvalue weighted by Crippen LogP contribution is 2.12. The van der Waals surface area contributed by atoms with Gasteiger partial charge >= 0.3 is 11.9 Å². The fourth-order valence-electron chi connectivity index (χ4n) is 1.04. The Morgan fingerprint density at radius 1 is 1.27 bits per heavy atom. The van der Waals surface area contributed by atoms with E-state index in [4.69, 9.17) is 0 Å². The van der Waals surface area contributed by atoms with Crippen LogP contribution in [-0.2, 0) is 19.5 Å². The monoisotopic (exact) mass is 208 g/mol. The molecule has 5 heteroatoms. The Hall–Kier alpha value is -1.88. The topological polar surface area (TPSA) is 75.3 Å². The second-order valence-corrected chi connectivity index (χ2v) is 2.87. The molecule has 0 aromatic heterocycles. The van der Waals surface area contributed by atoms with E-state index in [1.165, 1.54) is 6.92 Å². The zero-order chi connectivity index (χ0) is 11.3. The standard InChI is InChI=1S/C10H10NO4/c1-7(12)15-11-9(10(13)14)8-5-3-2-4-6-8/h2-6,9,11H,1H3. The van der Waals surface area contributed by atoms with Crippen molar-refractivity contribution in [3.63, 3.8) is 0 Å². The number of carbonyl (C=O) groups excluding carboxylic acids is 2. The highest BCUT2D eigenvalue weighted by Gasteiger charge is 2.22. The number of rotatable bonds is 4. The minimum Gasteiger partial charge on any atom is -0.370 e. The summed E-state index contributed by atoms with van der Waals surface area (Å²) >= 11 is 0. The van der Waals surface area contributed by atoms with Gasteiger partial charge in [0.05, 0.1) is 0 Å². The lowest BCUT2D eigenvalue weighted by molar-refractivity contribution is -0.158. The van der Waals surface area contributed by atoms with Crippen LogP contribution in [0.4, 0.5) is 0 Å². The number of hydroxylamine groups is 1. The number of benzene rings is 1. The molecule has 79 valence electrons. The van der Waals surface area contributed by atoms with Crippen LogP contribution < -0.4 is 5.48 Å².